The minimum atomic E-state index is -2.90. The van der Waals surface area contributed by atoms with Gasteiger partial charge in [0.15, 0.2) is 0 Å². The second-order valence-corrected chi connectivity index (χ2v) is 10.2. The average Bonchev–Trinajstić information content (AvgIpc) is 2.46. The summed E-state index contributed by atoms with van der Waals surface area (Å²) < 4.78 is 23.6. The van der Waals surface area contributed by atoms with Crippen LogP contribution in [0.5, 0.6) is 0 Å². The molecule has 3 nitrogen and oxygen atoms in total. The summed E-state index contributed by atoms with van der Waals surface area (Å²) in [6.07, 6.45) is 10.3. The highest BCUT2D eigenvalue weighted by Crippen LogP contribution is 2.39. The van der Waals surface area contributed by atoms with Crippen molar-refractivity contribution in [3.63, 3.8) is 0 Å². The van der Waals surface area contributed by atoms with Crippen LogP contribution in [-0.4, -0.2) is 26.0 Å². The van der Waals surface area contributed by atoms with E-state index < -0.39 is 9.84 Å². The Bertz CT molecular complexity index is 424. The second kappa shape index (κ2) is 6.99. The normalized spacial score (nSPS) is 36.6. The van der Waals surface area contributed by atoms with Gasteiger partial charge in [-0.15, -0.1) is 0 Å². The van der Waals surface area contributed by atoms with Gasteiger partial charge in [0.2, 0.25) is 0 Å². The van der Waals surface area contributed by atoms with E-state index in [1.807, 2.05) is 0 Å². The van der Waals surface area contributed by atoms with Gasteiger partial charge in [0, 0.05) is 12.3 Å². The van der Waals surface area contributed by atoms with Gasteiger partial charge in [0.1, 0.15) is 9.84 Å². The Balaban J connectivity index is 1.90. The van der Waals surface area contributed by atoms with E-state index in [1.165, 1.54) is 31.9 Å². The fourth-order valence-electron chi connectivity index (χ4n) is 4.50. The zero-order valence-corrected chi connectivity index (χ0v) is 14.7. The van der Waals surface area contributed by atoms with Crippen LogP contribution in [0.1, 0.15) is 65.2 Å². The quantitative estimate of drug-likeness (QED) is 0.865. The maximum absolute atomic E-state index is 11.8. The summed E-state index contributed by atoms with van der Waals surface area (Å²) >= 11 is 0. The summed E-state index contributed by atoms with van der Waals surface area (Å²) in [5.41, 5.74) is 6.56. The molecule has 0 radical (unpaired) electrons. The molecule has 2 fully saturated rings. The van der Waals surface area contributed by atoms with Gasteiger partial charge in [-0.2, -0.15) is 0 Å². The highest BCUT2D eigenvalue weighted by atomic mass is 32.2. The predicted octanol–water partition coefficient (Wildman–Crippen LogP) is 3.38. The Morgan fingerprint density at radius 1 is 0.905 bits per heavy atom. The molecular weight excluding hydrogens is 282 g/mol. The second-order valence-electron chi connectivity index (χ2n) is 7.87. The minimum absolute atomic E-state index is 0.144. The predicted molar refractivity (Wildman–Crippen MR) is 88.9 cm³/mol. The molecule has 0 spiro atoms. The average molecular weight is 316 g/mol. The highest BCUT2D eigenvalue weighted by molar-refractivity contribution is 7.91. The molecule has 0 amide bonds. The molecule has 0 aliphatic heterocycles. The molecule has 0 bridgehead atoms. The molecule has 0 aromatic carbocycles. The van der Waals surface area contributed by atoms with Gasteiger partial charge in [-0.05, 0) is 68.6 Å². The first-order chi connectivity index (χ1) is 9.79. The third-order valence-electron chi connectivity index (χ3n) is 6.12. The number of nitrogens with two attached hydrogens (primary N) is 1. The van der Waals surface area contributed by atoms with E-state index in [9.17, 15) is 8.42 Å². The van der Waals surface area contributed by atoms with Gasteiger partial charge in [-0.25, -0.2) is 8.42 Å². The first-order valence-corrected chi connectivity index (χ1v) is 10.7. The van der Waals surface area contributed by atoms with Crippen molar-refractivity contribution in [1.29, 1.82) is 0 Å². The van der Waals surface area contributed by atoms with E-state index in [0.29, 0.717) is 11.8 Å². The smallest absolute Gasteiger partial charge is 0.150 e. The maximum atomic E-state index is 11.8. The van der Waals surface area contributed by atoms with Crippen molar-refractivity contribution in [1.82, 2.24) is 0 Å². The summed E-state index contributed by atoms with van der Waals surface area (Å²) in [6.45, 7) is 4.64. The lowest BCUT2D eigenvalue weighted by Crippen LogP contribution is -2.43. The van der Waals surface area contributed by atoms with Crippen molar-refractivity contribution in [2.75, 3.05) is 6.26 Å². The Hall–Kier alpha value is -0.0900. The molecule has 2 aliphatic rings. The zero-order valence-electron chi connectivity index (χ0n) is 13.9. The van der Waals surface area contributed by atoms with Crippen LogP contribution in [0, 0.1) is 23.7 Å². The first kappa shape index (κ1) is 17.3. The zero-order chi connectivity index (χ0) is 15.6. The van der Waals surface area contributed by atoms with Crippen molar-refractivity contribution < 1.29 is 8.42 Å². The van der Waals surface area contributed by atoms with E-state index in [-0.39, 0.29) is 11.3 Å². The van der Waals surface area contributed by atoms with Crippen LogP contribution in [0.3, 0.4) is 0 Å². The van der Waals surface area contributed by atoms with Crippen LogP contribution in [0.15, 0.2) is 0 Å². The fourth-order valence-corrected chi connectivity index (χ4v) is 5.69. The van der Waals surface area contributed by atoms with Crippen molar-refractivity contribution in [3.05, 3.63) is 0 Å². The molecule has 0 saturated heterocycles. The van der Waals surface area contributed by atoms with Crippen molar-refractivity contribution in [2.24, 2.45) is 29.4 Å². The molecule has 2 saturated carbocycles. The first-order valence-electron chi connectivity index (χ1n) is 8.73. The molecule has 3 atom stereocenters. The fraction of sp³-hybridized carbons (Fsp3) is 1.00. The van der Waals surface area contributed by atoms with Gasteiger partial charge in [-0.3, -0.25) is 0 Å². The number of rotatable bonds is 4. The molecule has 4 heteroatoms. The molecule has 0 aromatic rings. The number of hydrogen-bond donors (Lipinski definition) is 1. The summed E-state index contributed by atoms with van der Waals surface area (Å²) in [5, 5.41) is -0.144. The van der Waals surface area contributed by atoms with Gasteiger partial charge < -0.3 is 5.73 Å². The molecule has 124 valence electrons. The topological polar surface area (TPSA) is 60.2 Å². The maximum Gasteiger partial charge on any atom is 0.150 e. The molecular formula is C17H33NO2S. The number of sulfone groups is 1. The SMILES string of the molecule is CC(C)C1CCC(C(N)C2CCCC(S(C)(=O)=O)C2)CC1. The summed E-state index contributed by atoms with van der Waals surface area (Å²) in [6, 6.07) is 0.211. The molecule has 3 unspecified atom stereocenters. The van der Waals surface area contributed by atoms with Crippen molar-refractivity contribution in [2.45, 2.75) is 76.5 Å². The monoisotopic (exact) mass is 315 g/mol. The molecule has 2 rings (SSSR count). The lowest BCUT2D eigenvalue weighted by Gasteiger charge is -2.39. The molecule has 2 N–H and O–H groups in total. The lowest BCUT2D eigenvalue weighted by molar-refractivity contribution is 0.161. The Morgan fingerprint density at radius 2 is 1.48 bits per heavy atom. The van der Waals surface area contributed by atoms with Crippen LogP contribution in [0.4, 0.5) is 0 Å². The van der Waals surface area contributed by atoms with Gasteiger partial charge in [0.25, 0.3) is 0 Å². The summed E-state index contributed by atoms with van der Waals surface area (Å²) in [4.78, 5) is 0. The molecule has 2 aliphatic carbocycles. The van der Waals surface area contributed by atoms with E-state index in [2.05, 4.69) is 13.8 Å². The van der Waals surface area contributed by atoms with Gasteiger partial charge in [0.05, 0.1) is 5.25 Å². The van der Waals surface area contributed by atoms with Gasteiger partial charge in [-0.1, -0.05) is 20.3 Å². The molecule has 21 heavy (non-hydrogen) atoms. The van der Waals surface area contributed by atoms with E-state index in [4.69, 9.17) is 5.73 Å². The van der Waals surface area contributed by atoms with E-state index in [1.54, 1.807) is 0 Å². The molecule has 0 aromatic heterocycles. The number of hydrogen-bond acceptors (Lipinski definition) is 3. The lowest BCUT2D eigenvalue weighted by atomic mass is 9.70. The minimum Gasteiger partial charge on any atom is -0.327 e. The third-order valence-corrected chi connectivity index (χ3v) is 7.76. The van der Waals surface area contributed by atoms with E-state index in [0.717, 1.165) is 37.5 Å². The highest BCUT2D eigenvalue weighted by Gasteiger charge is 2.36. The largest absolute Gasteiger partial charge is 0.327 e. The standard InChI is InChI=1S/C17H33NO2S/c1-12(2)13-7-9-14(10-8-13)17(18)15-5-4-6-16(11-15)21(3,19)20/h12-17H,4-11,18H2,1-3H3. The Morgan fingerprint density at radius 3 is 2.00 bits per heavy atom. The van der Waals surface area contributed by atoms with Crippen molar-refractivity contribution in [3.8, 4) is 0 Å². The van der Waals surface area contributed by atoms with Crippen molar-refractivity contribution >= 4 is 9.84 Å². The van der Waals surface area contributed by atoms with E-state index >= 15 is 0 Å². The van der Waals surface area contributed by atoms with Crippen LogP contribution in [0.2, 0.25) is 0 Å². The summed E-state index contributed by atoms with van der Waals surface area (Å²) in [7, 11) is -2.90. The summed E-state index contributed by atoms with van der Waals surface area (Å²) in [5.74, 6) is 2.68. The van der Waals surface area contributed by atoms with Crippen LogP contribution in [-0.2, 0) is 9.84 Å². The van der Waals surface area contributed by atoms with Crippen LogP contribution >= 0.6 is 0 Å². The van der Waals surface area contributed by atoms with Crippen LogP contribution < -0.4 is 5.73 Å². The third kappa shape index (κ3) is 4.44. The van der Waals surface area contributed by atoms with Gasteiger partial charge >= 0.3 is 0 Å². The van der Waals surface area contributed by atoms with Crippen LogP contribution in [0.25, 0.3) is 0 Å². The Kier molecular flexibility index (Phi) is 5.75. The molecule has 0 heterocycles. The Labute approximate surface area is 131 Å².